The Morgan fingerprint density at radius 3 is 2.41 bits per heavy atom. The third kappa shape index (κ3) is 3.28. The fraction of sp³-hybridized carbons (Fsp3) is 0.333. The molecule has 9 nitrogen and oxygen atoms in total. The summed E-state index contributed by atoms with van der Waals surface area (Å²) in [5.41, 5.74) is 0.237. The minimum absolute atomic E-state index is 0.0743. The van der Waals surface area contributed by atoms with E-state index in [4.69, 9.17) is 0 Å². The zero-order valence-corrected chi connectivity index (χ0v) is 12.9. The Hall–Kier alpha value is -2.33. The monoisotopic (exact) mass is 325 g/mol. The van der Waals surface area contributed by atoms with E-state index >= 15 is 0 Å². The molecule has 1 aromatic carbocycles. The van der Waals surface area contributed by atoms with E-state index in [2.05, 4.69) is 14.9 Å². The highest BCUT2D eigenvalue weighted by Crippen LogP contribution is 2.30. The second-order valence-corrected chi connectivity index (χ2v) is 6.44. The zero-order valence-electron chi connectivity index (χ0n) is 12.1. The van der Waals surface area contributed by atoms with E-state index in [1.54, 1.807) is 10.6 Å². The lowest BCUT2D eigenvalue weighted by atomic mass is 10.1. The Labute approximate surface area is 127 Å². The Kier molecular flexibility index (Phi) is 4.52. The molecule has 1 N–H and O–H groups in total. The van der Waals surface area contributed by atoms with E-state index in [-0.39, 0.29) is 11.4 Å². The van der Waals surface area contributed by atoms with Gasteiger partial charge in [-0.25, -0.2) is 13.1 Å². The van der Waals surface area contributed by atoms with Crippen molar-refractivity contribution in [2.45, 2.75) is 25.3 Å². The highest BCUT2D eigenvalue weighted by molar-refractivity contribution is 7.89. The van der Waals surface area contributed by atoms with E-state index in [0.29, 0.717) is 17.7 Å². The van der Waals surface area contributed by atoms with E-state index in [1.807, 2.05) is 0 Å². The van der Waals surface area contributed by atoms with Crippen molar-refractivity contribution < 1.29 is 13.3 Å². The minimum Gasteiger partial charge on any atom is -0.319 e. The lowest BCUT2D eigenvalue weighted by Crippen LogP contribution is -2.28. The van der Waals surface area contributed by atoms with Gasteiger partial charge in [-0.2, -0.15) is 0 Å². The number of nitrogens with zero attached hydrogens (tertiary/aromatic N) is 4. The molecule has 1 aromatic heterocycles. The van der Waals surface area contributed by atoms with Crippen LogP contribution >= 0.6 is 0 Å². The van der Waals surface area contributed by atoms with E-state index in [1.165, 1.54) is 32.6 Å². The van der Waals surface area contributed by atoms with E-state index in [0.717, 1.165) is 0 Å². The topological polar surface area (TPSA) is 120 Å². The normalized spacial score (nSPS) is 11.5. The average Bonchev–Trinajstić information content (AvgIpc) is 2.93. The largest absolute Gasteiger partial charge is 0.319 e. The van der Waals surface area contributed by atoms with Crippen molar-refractivity contribution in [2.24, 2.45) is 0 Å². The van der Waals surface area contributed by atoms with Gasteiger partial charge < -0.3 is 4.57 Å². The predicted molar refractivity (Wildman–Crippen MR) is 77.8 cm³/mol. The quantitative estimate of drug-likeness (QED) is 0.619. The Morgan fingerprint density at radius 2 is 1.82 bits per heavy atom. The van der Waals surface area contributed by atoms with E-state index in [9.17, 15) is 18.5 Å². The standard InChI is InChI=1S/C12H15N5O4S/c1-9-3-4-10(2)12(11(9)17(18)19)22(20,21)15-5-6-16-7-13-14-8-16/h3-4,7-8,15H,5-6H2,1-2H3. The maximum atomic E-state index is 12.4. The first kappa shape index (κ1) is 16.0. The van der Waals surface area contributed by atoms with Gasteiger partial charge in [0.15, 0.2) is 4.90 Å². The van der Waals surface area contributed by atoms with Crippen LogP contribution in [0.5, 0.6) is 0 Å². The highest BCUT2D eigenvalue weighted by atomic mass is 32.2. The number of hydrogen-bond acceptors (Lipinski definition) is 6. The first-order valence-electron chi connectivity index (χ1n) is 6.39. The smallest absolute Gasteiger partial charge is 0.292 e. The number of aromatic nitrogens is 3. The van der Waals surface area contributed by atoms with Gasteiger partial charge in [-0.05, 0) is 19.4 Å². The summed E-state index contributed by atoms with van der Waals surface area (Å²) in [5, 5.41) is 18.4. The van der Waals surface area contributed by atoms with Crippen LogP contribution in [0.4, 0.5) is 5.69 Å². The molecular formula is C12H15N5O4S. The molecule has 0 radical (unpaired) electrons. The number of nitrogens with one attached hydrogen (secondary N) is 1. The summed E-state index contributed by atoms with van der Waals surface area (Å²) in [7, 11) is -3.99. The summed E-state index contributed by atoms with van der Waals surface area (Å²) in [6.07, 6.45) is 2.91. The molecular weight excluding hydrogens is 310 g/mol. The maximum Gasteiger partial charge on any atom is 0.292 e. The molecule has 2 rings (SSSR count). The third-order valence-electron chi connectivity index (χ3n) is 3.11. The molecule has 22 heavy (non-hydrogen) atoms. The average molecular weight is 325 g/mol. The number of hydrogen-bond donors (Lipinski definition) is 1. The molecule has 0 aliphatic rings. The molecule has 0 saturated heterocycles. The molecule has 0 atom stereocenters. The number of rotatable bonds is 6. The molecule has 1 heterocycles. The lowest BCUT2D eigenvalue weighted by molar-refractivity contribution is -0.388. The summed E-state index contributed by atoms with van der Waals surface area (Å²) >= 11 is 0. The molecule has 0 unspecified atom stereocenters. The van der Waals surface area contributed by atoms with Crippen molar-refractivity contribution in [3.8, 4) is 0 Å². The zero-order chi connectivity index (χ0) is 16.3. The molecule has 118 valence electrons. The lowest BCUT2D eigenvalue weighted by Gasteiger charge is -2.11. The van der Waals surface area contributed by atoms with Crippen molar-refractivity contribution in [1.82, 2.24) is 19.5 Å². The van der Waals surface area contributed by atoms with Crippen LogP contribution in [0.1, 0.15) is 11.1 Å². The number of sulfonamides is 1. The fourth-order valence-electron chi connectivity index (χ4n) is 2.06. The maximum absolute atomic E-state index is 12.4. The van der Waals surface area contributed by atoms with Crippen LogP contribution in [0, 0.1) is 24.0 Å². The van der Waals surface area contributed by atoms with Crippen molar-refractivity contribution in [3.63, 3.8) is 0 Å². The first-order chi connectivity index (χ1) is 10.3. The van der Waals surface area contributed by atoms with Gasteiger partial charge in [-0.15, -0.1) is 10.2 Å². The molecule has 0 aliphatic heterocycles. The van der Waals surface area contributed by atoms with Gasteiger partial charge in [-0.1, -0.05) is 12.1 Å². The fourth-order valence-corrected chi connectivity index (χ4v) is 3.54. The van der Waals surface area contributed by atoms with Crippen molar-refractivity contribution >= 4 is 15.7 Å². The summed E-state index contributed by atoms with van der Waals surface area (Å²) in [4.78, 5) is 10.2. The third-order valence-corrected chi connectivity index (χ3v) is 4.75. The van der Waals surface area contributed by atoms with Crippen LogP contribution in [0.2, 0.25) is 0 Å². The number of aryl methyl sites for hydroxylation is 2. The molecule has 0 amide bonds. The Balaban J connectivity index is 2.29. The first-order valence-corrected chi connectivity index (χ1v) is 7.88. The SMILES string of the molecule is Cc1ccc(C)c(S(=O)(=O)NCCn2cnnc2)c1[N+](=O)[O-]. The predicted octanol–water partition coefficient (Wildman–Crippen LogP) is 0.782. The van der Waals surface area contributed by atoms with Crippen molar-refractivity contribution in [3.05, 3.63) is 46.0 Å². The summed E-state index contributed by atoms with van der Waals surface area (Å²) in [6.45, 7) is 3.43. The van der Waals surface area contributed by atoms with Gasteiger partial charge in [0.2, 0.25) is 10.0 Å². The molecule has 0 aliphatic carbocycles. The Morgan fingerprint density at radius 1 is 1.23 bits per heavy atom. The van der Waals surface area contributed by atoms with Gasteiger partial charge in [0.05, 0.1) is 4.92 Å². The van der Waals surface area contributed by atoms with Gasteiger partial charge in [-0.3, -0.25) is 10.1 Å². The molecule has 10 heteroatoms. The van der Waals surface area contributed by atoms with Crippen LogP contribution in [0.15, 0.2) is 29.7 Å². The van der Waals surface area contributed by atoms with Crippen LogP contribution in [-0.2, 0) is 16.6 Å². The molecule has 0 spiro atoms. The van der Waals surface area contributed by atoms with Crippen LogP contribution in [0.25, 0.3) is 0 Å². The van der Waals surface area contributed by atoms with Crippen molar-refractivity contribution in [2.75, 3.05) is 6.54 Å². The number of nitro groups is 1. The number of nitro benzene ring substituents is 1. The molecule has 0 saturated carbocycles. The van der Waals surface area contributed by atoms with Crippen LogP contribution in [0.3, 0.4) is 0 Å². The highest BCUT2D eigenvalue weighted by Gasteiger charge is 2.29. The van der Waals surface area contributed by atoms with Gasteiger partial charge in [0, 0.05) is 18.7 Å². The number of benzene rings is 1. The van der Waals surface area contributed by atoms with Gasteiger partial charge >= 0.3 is 0 Å². The van der Waals surface area contributed by atoms with Gasteiger partial charge in [0.25, 0.3) is 5.69 Å². The summed E-state index contributed by atoms with van der Waals surface area (Å²) in [5.74, 6) is 0. The summed E-state index contributed by atoms with van der Waals surface area (Å²) in [6, 6.07) is 3.08. The molecule has 2 aromatic rings. The van der Waals surface area contributed by atoms with Crippen LogP contribution < -0.4 is 4.72 Å². The minimum atomic E-state index is -3.99. The second kappa shape index (κ2) is 6.20. The van der Waals surface area contributed by atoms with Gasteiger partial charge in [0.1, 0.15) is 12.7 Å². The van der Waals surface area contributed by atoms with E-state index < -0.39 is 20.6 Å². The Bertz CT molecular complexity index is 786. The second-order valence-electron chi connectivity index (χ2n) is 4.73. The molecule has 0 fully saturated rings. The molecule has 0 bridgehead atoms. The van der Waals surface area contributed by atoms with Crippen molar-refractivity contribution in [1.29, 1.82) is 0 Å². The van der Waals surface area contributed by atoms with Crippen LogP contribution in [-0.4, -0.2) is 34.7 Å². The summed E-state index contributed by atoms with van der Waals surface area (Å²) < 4.78 is 28.8.